The van der Waals surface area contributed by atoms with Crippen LogP contribution in [0.4, 0.5) is 5.69 Å². The molecule has 21 heavy (non-hydrogen) atoms. The van der Waals surface area contributed by atoms with E-state index in [0.717, 1.165) is 24.2 Å². The summed E-state index contributed by atoms with van der Waals surface area (Å²) in [6.45, 7) is 1.91. The van der Waals surface area contributed by atoms with Gasteiger partial charge in [-0.1, -0.05) is 18.2 Å². The lowest BCUT2D eigenvalue weighted by molar-refractivity contribution is 0.630. The van der Waals surface area contributed by atoms with Crippen molar-refractivity contribution in [2.75, 3.05) is 5.32 Å². The lowest BCUT2D eigenvalue weighted by Crippen LogP contribution is -2.32. The van der Waals surface area contributed by atoms with Crippen LogP contribution in [-0.2, 0) is 7.05 Å². The van der Waals surface area contributed by atoms with Crippen LogP contribution in [0.25, 0.3) is 5.69 Å². The molecule has 0 atom stereocenters. The second-order valence-corrected chi connectivity index (χ2v) is 5.72. The molecule has 0 unspecified atom stereocenters. The van der Waals surface area contributed by atoms with E-state index in [0.29, 0.717) is 16.8 Å². The van der Waals surface area contributed by atoms with Gasteiger partial charge in [-0.15, -0.1) is 0 Å². The van der Waals surface area contributed by atoms with Crippen molar-refractivity contribution in [3.8, 4) is 5.69 Å². The molecular formula is C15H18N4OS. The van der Waals surface area contributed by atoms with E-state index in [9.17, 15) is 4.79 Å². The molecule has 1 aromatic carbocycles. The molecule has 0 saturated heterocycles. The molecule has 0 radical (unpaired) electrons. The van der Waals surface area contributed by atoms with E-state index in [1.54, 1.807) is 4.68 Å². The molecule has 1 heterocycles. The van der Waals surface area contributed by atoms with Gasteiger partial charge in [0, 0.05) is 13.1 Å². The van der Waals surface area contributed by atoms with Gasteiger partial charge in [-0.05, 0) is 44.1 Å². The molecule has 5 nitrogen and oxygen atoms in total. The van der Waals surface area contributed by atoms with Crippen LogP contribution in [0.5, 0.6) is 0 Å². The molecule has 1 aliphatic rings. The van der Waals surface area contributed by atoms with Crippen molar-refractivity contribution in [1.82, 2.24) is 14.7 Å². The van der Waals surface area contributed by atoms with E-state index < -0.39 is 0 Å². The van der Waals surface area contributed by atoms with E-state index >= 15 is 0 Å². The second kappa shape index (κ2) is 5.37. The monoisotopic (exact) mass is 302 g/mol. The first-order chi connectivity index (χ1) is 10.1. The smallest absolute Gasteiger partial charge is 0.295 e. The van der Waals surface area contributed by atoms with Crippen molar-refractivity contribution in [3.63, 3.8) is 0 Å². The lowest BCUT2D eigenvalue weighted by Gasteiger charge is -2.08. The van der Waals surface area contributed by atoms with E-state index in [-0.39, 0.29) is 5.56 Å². The zero-order valence-corrected chi connectivity index (χ0v) is 12.9. The standard InChI is InChI=1S/C15H18N4OS/c1-10-13(17-15(21)16-11-8-9-11)14(20)19(18(10)2)12-6-4-3-5-7-12/h3-7,11H,8-9H2,1-2H3,(H2,16,17,21). The number of benzene rings is 1. The van der Waals surface area contributed by atoms with Gasteiger partial charge in [0.05, 0.1) is 11.4 Å². The first kappa shape index (κ1) is 13.9. The van der Waals surface area contributed by atoms with Crippen molar-refractivity contribution in [2.45, 2.75) is 25.8 Å². The Labute approximate surface area is 128 Å². The Kier molecular flexibility index (Phi) is 3.55. The topological polar surface area (TPSA) is 51.0 Å². The normalized spacial score (nSPS) is 14.0. The van der Waals surface area contributed by atoms with Gasteiger partial charge >= 0.3 is 0 Å². The van der Waals surface area contributed by atoms with Gasteiger partial charge in [-0.2, -0.15) is 0 Å². The Morgan fingerprint density at radius 3 is 2.57 bits per heavy atom. The average molecular weight is 302 g/mol. The number of hydrogen-bond acceptors (Lipinski definition) is 2. The number of para-hydroxylation sites is 1. The van der Waals surface area contributed by atoms with Crippen LogP contribution >= 0.6 is 12.2 Å². The van der Waals surface area contributed by atoms with Gasteiger partial charge in [0.25, 0.3) is 5.56 Å². The van der Waals surface area contributed by atoms with Crippen molar-refractivity contribution in [3.05, 3.63) is 46.4 Å². The van der Waals surface area contributed by atoms with Crippen molar-refractivity contribution in [1.29, 1.82) is 0 Å². The molecule has 1 aromatic heterocycles. The Hall–Kier alpha value is -2.08. The Balaban J connectivity index is 1.95. The summed E-state index contributed by atoms with van der Waals surface area (Å²) >= 11 is 5.26. The summed E-state index contributed by atoms with van der Waals surface area (Å²) in [5.74, 6) is 0. The number of aromatic nitrogens is 2. The zero-order valence-electron chi connectivity index (χ0n) is 12.1. The van der Waals surface area contributed by atoms with Gasteiger partial charge in [0.15, 0.2) is 5.11 Å². The number of thiocarbonyl (C=S) groups is 1. The molecule has 1 fully saturated rings. The fraction of sp³-hybridized carbons (Fsp3) is 0.333. The molecule has 0 aliphatic heterocycles. The van der Waals surface area contributed by atoms with Crippen LogP contribution in [0.3, 0.4) is 0 Å². The zero-order chi connectivity index (χ0) is 15.0. The van der Waals surface area contributed by atoms with E-state index in [4.69, 9.17) is 12.2 Å². The highest BCUT2D eigenvalue weighted by Gasteiger charge is 2.23. The first-order valence-electron chi connectivity index (χ1n) is 6.99. The maximum atomic E-state index is 12.6. The van der Waals surface area contributed by atoms with Crippen LogP contribution in [0.2, 0.25) is 0 Å². The van der Waals surface area contributed by atoms with Crippen LogP contribution in [0.15, 0.2) is 35.1 Å². The number of hydrogen-bond donors (Lipinski definition) is 2. The van der Waals surface area contributed by atoms with Gasteiger partial charge in [-0.25, -0.2) is 4.68 Å². The molecule has 1 saturated carbocycles. The first-order valence-corrected chi connectivity index (χ1v) is 7.40. The fourth-order valence-electron chi connectivity index (χ4n) is 2.27. The molecule has 0 amide bonds. The highest BCUT2D eigenvalue weighted by Crippen LogP contribution is 2.19. The summed E-state index contributed by atoms with van der Waals surface area (Å²) in [7, 11) is 1.87. The summed E-state index contributed by atoms with van der Waals surface area (Å²) in [5, 5.41) is 6.75. The van der Waals surface area contributed by atoms with Crippen molar-refractivity contribution in [2.24, 2.45) is 7.05 Å². The minimum Gasteiger partial charge on any atom is -0.360 e. The third-order valence-corrected chi connectivity index (χ3v) is 3.93. The average Bonchev–Trinajstić information content (AvgIpc) is 3.25. The number of anilines is 1. The predicted octanol–water partition coefficient (Wildman–Crippen LogP) is 1.93. The number of rotatable bonds is 3. The molecule has 1 aliphatic carbocycles. The van der Waals surface area contributed by atoms with E-state index in [1.807, 2.05) is 49.0 Å². The number of nitrogens with zero attached hydrogens (tertiary/aromatic N) is 2. The van der Waals surface area contributed by atoms with Crippen LogP contribution < -0.4 is 16.2 Å². The third kappa shape index (κ3) is 2.71. The van der Waals surface area contributed by atoms with E-state index in [2.05, 4.69) is 10.6 Å². The predicted molar refractivity (Wildman–Crippen MR) is 88.1 cm³/mol. The summed E-state index contributed by atoms with van der Waals surface area (Å²) in [4.78, 5) is 12.6. The minimum atomic E-state index is -0.0962. The largest absolute Gasteiger partial charge is 0.360 e. The van der Waals surface area contributed by atoms with Gasteiger partial charge in [-0.3, -0.25) is 9.48 Å². The Bertz CT molecular complexity index is 728. The molecule has 0 spiro atoms. The second-order valence-electron chi connectivity index (χ2n) is 5.31. The fourth-order valence-corrected chi connectivity index (χ4v) is 2.54. The van der Waals surface area contributed by atoms with Crippen LogP contribution in [0.1, 0.15) is 18.5 Å². The van der Waals surface area contributed by atoms with Crippen LogP contribution in [-0.4, -0.2) is 20.5 Å². The van der Waals surface area contributed by atoms with Crippen molar-refractivity contribution < 1.29 is 0 Å². The Morgan fingerprint density at radius 2 is 1.95 bits per heavy atom. The summed E-state index contributed by atoms with van der Waals surface area (Å²) in [6.07, 6.45) is 2.29. The molecule has 110 valence electrons. The maximum Gasteiger partial charge on any atom is 0.295 e. The molecule has 2 aromatic rings. The molecular weight excluding hydrogens is 284 g/mol. The third-order valence-electron chi connectivity index (χ3n) is 3.71. The van der Waals surface area contributed by atoms with Crippen molar-refractivity contribution >= 4 is 23.0 Å². The van der Waals surface area contributed by atoms with Gasteiger partial charge in [0.2, 0.25) is 0 Å². The lowest BCUT2D eigenvalue weighted by atomic mass is 10.3. The minimum absolute atomic E-state index is 0.0962. The SMILES string of the molecule is Cc1c(NC(=S)NC2CC2)c(=O)n(-c2ccccc2)n1C. The number of nitrogens with one attached hydrogen (secondary N) is 2. The van der Waals surface area contributed by atoms with Gasteiger partial charge in [0.1, 0.15) is 5.69 Å². The summed E-state index contributed by atoms with van der Waals surface area (Å²) < 4.78 is 3.47. The van der Waals surface area contributed by atoms with Crippen LogP contribution in [0, 0.1) is 6.92 Å². The van der Waals surface area contributed by atoms with E-state index in [1.165, 1.54) is 0 Å². The molecule has 6 heteroatoms. The highest BCUT2D eigenvalue weighted by atomic mass is 32.1. The highest BCUT2D eigenvalue weighted by molar-refractivity contribution is 7.80. The summed E-state index contributed by atoms with van der Waals surface area (Å²) in [6, 6.07) is 10.0. The summed E-state index contributed by atoms with van der Waals surface area (Å²) in [5.41, 5.74) is 2.12. The van der Waals surface area contributed by atoms with Gasteiger partial charge < -0.3 is 10.6 Å². The molecule has 3 rings (SSSR count). The Morgan fingerprint density at radius 1 is 1.29 bits per heavy atom. The maximum absolute atomic E-state index is 12.6. The quantitative estimate of drug-likeness (QED) is 0.851. The molecule has 2 N–H and O–H groups in total. The molecule has 0 bridgehead atoms.